The number of benzene rings is 1. The van der Waals surface area contributed by atoms with E-state index < -0.39 is 12.0 Å². The van der Waals surface area contributed by atoms with Crippen LogP contribution in [0.5, 0.6) is 5.75 Å². The molecule has 1 amide bonds. The number of hydrogen-bond acceptors (Lipinski definition) is 4. The van der Waals surface area contributed by atoms with E-state index in [4.69, 9.17) is 10.5 Å². The molecular weight excluding hydrogens is 268 g/mol. The Morgan fingerprint density at radius 1 is 1.38 bits per heavy atom. The number of rotatable bonds is 3. The first kappa shape index (κ1) is 14.1. The van der Waals surface area contributed by atoms with E-state index in [1.807, 2.05) is 6.92 Å². The third kappa shape index (κ3) is 2.53. The Balaban J connectivity index is 1.83. The van der Waals surface area contributed by atoms with Crippen LogP contribution < -0.4 is 15.8 Å². The number of ether oxygens (including phenoxy) is 1. The van der Waals surface area contributed by atoms with Gasteiger partial charge in [-0.2, -0.15) is 0 Å². The van der Waals surface area contributed by atoms with Crippen molar-refractivity contribution in [2.75, 3.05) is 6.54 Å². The summed E-state index contributed by atoms with van der Waals surface area (Å²) in [6, 6.07) is 5.09. The van der Waals surface area contributed by atoms with Crippen LogP contribution >= 0.6 is 0 Å². The van der Waals surface area contributed by atoms with Crippen molar-refractivity contribution in [3.63, 3.8) is 0 Å². The van der Waals surface area contributed by atoms with E-state index in [2.05, 4.69) is 5.32 Å². The van der Waals surface area contributed by atoms with Gasteiger partial charge in [-0.1, -0.05) is 13.3 Å². The molecule has 3 N–H and O–H groups in total. The molecule has 1 aliphatic heterocycles. The maximum Gasteiger partial charge on any atom is 0.248 e. The summed E-state index contributed by atoms with van der Waals surface area (Å²) in [5.74, 6) is 0.371. The number of carbonyl (C=O) groups is 2. The molecule has 0 aromatic heterocycles. The van der Waals surface area contributed by atoms with Crippen LogP contribution in [0.1, 0.15) is 42.1 Å². The van der Waals surface area contributed by atoms with Gasteiger partial charge in [-0.3, -0.25) is 9.59 Å². The highest BCUT2D eigenvalue weighted by atomic mass is 16.5. The largest absolute Gasteiger partial charge is 0.481 e. The Kier molecular flexibility index (Phi) is 3.45. The van der Waals surface area contributed by atoms with E-state index in [1.54, 1.807) is 18.2 Å². The summed E-state index contributed by atoms with van der Waals surface area (Å²) < 4.78 is 5.91. The summed E-state index contributed by atoms with van der Waals surface area (Å²) in [6.45, 7) is 3.08. The second kappa shape index (κ2) is 5.15. The quantitative estimate of drug-likeness (QED) is 0.880. The summed E-state index contributed by atoms with van der Waals surface area (Å²) >= 11 is 0. The highest BCUT2D eigenvalue weighted by Gasteiger charge is 2.43. The fourth-order valence-electron chi connectivity index (χ4n) is 3.01. The van der Waals surface area contributed by atoms with Gasteiger partial charge in [0.2, 0.25) is 5.91 Å². The molecule has 112 valence electrons. The molecule has 0 radical (unpaired) electrons. The molecule has 0 bridgehead atoms. The zero-order valence-electron chi connectivity index (χ0n) is 12.1. The lowest BCUT2D eigenvalue weighted by Gasteiger charge is -2.38. The maximum atomic E-state index is 12.6. The minimum absolute atomic E-state index is 0.174. The predicted octanol–water partition coefficient (Wildman–Crippen LogP) is 1.40. The minimum Gasteiger partial charge on any atom is -0.481 e. The number of nitrogens with two attached hydrogens (primary N) is 1. The zero-order valence-corrected chi connectivity index (χ0v) is 12.1. The maximum absolute atomic E-state index is 12.6. The fourth-order valence-corrected chi connectivity index (χ4v) is 3.01. The Morgan fingerprint density at radius 2 is 2.14 bits per heavy atom. The van der Waals surface area contributed by atoms with Crippen molar-refractivity contribution in [2.45, 2.75) is 38.8 Å². The van der Waals surface area contributed by atoms with E-state index in [9.17, 15) is 9.59 Å². The summed E-state index contributed by atoms with van der Waals surface area (Å²) in [7, 11) is 0. The Hall–Kier alpha value is -1.88. The van der Waals surface area contributed by atoms with Crippen molar-refractivity contribution in [2.24, 2.45) is 11.1 Å². The average Bonchev–Trinajstić information content (AvgIpc) is 2.65. The number of ketones is 1. The Morgan fingerprint density at radius 3 is 2.76 bits per heavy atom. The number of fused-ring (bicyclic) bond motifs is 1. The number of carbonyl (C=O) groups excluding carboxylic acids is 2. The van der Waals surface area contributed by atoms with Crippen molar-refractivity contribution in [3.05, 3.63) is 29.3 Å². The summed E-state index contributed by atoms with van der Waals surface area (Å²) in [5, 5.41) is 3.22. The van der Waals surface area contributed by atoms with E-state index >= 15 is 0 Å². The van der Waals surface area contributed by atoms with E-state index in [1.165, 1.54) is 0 Å². The van der Waals surface area contributed by atoms with Crippen LogP contribution in [0.3, 0.4) is 0 Å². The second-order valence-corrected chi connectivity index (χ2v) is 6.20. The van der Waals surface area contributed by atoms with E-state index in [0.29, 0.717) is 24.4 Å². The standard InChI is InChI=1S/C16H20N2O3/c1-16(5-2-6-16)14(19)13-9-18-8-11-7-10(15(17)20)3-4-12(11)21-13/h3-4,7,13,18H,2,5-6,8-9H2,1H3,(H2,17,20). The molecule has 2 aliphatic rings. The van der Waals surface area contributed by atoms with Crippen molar-refractivity contribution in [1.82, 2.24) is 5.32 Å². The van der Waals surface area contributed by atoms with Gasteiger partial charge in [0.1, 0.15) is 5.75 Å². The van der Waals surface area contributed by atoms with Crippen LogP contribution in [0.25, 0.3) is 0 Å². The topological polar surface area (TPSA) is 81.4 Å². The van der Waals surface area contributed by atoms with Gasteiger partial charge < -0.3 is 15.8 Å². The average molecular weight is 288 g/mol. The van der Waals surface area contributed by atoms with Gasteiger partial charge in [0, 0.05) is 29.6 Å². The highest BCUT2D eigenvalue weighted by Crippen LogP contribution is 2.42. The molecule has 1 atom stereocenters. The first-order chi connectivity index (χ1) is 9.99. The van der Waals surface area contributed by atoms with Crippen molar-refractivity contribution in [3.8, 4) is 5.75 Å². The molecule has 1 aromatic carbocycles. The van der Waals surface area contributed by atoms with Crippen LogP contribution in [0.4, 0.5) is 0 Å². The van der Waals surface area contributed by atoms with Crippen LogP contribution in [0.15, 0.2) is 18.2 Å². The molecule has 1 saturated carbocycles. The summed E-state index contributed by atoms with van der Waals surface area (Å²) in [6.07, 6.45) is 2.54. The third-order valence-corrected chi connectivity index (χ3v) is 4.60. The molecule has 5 nitrogen and oxygen atoms in total. The molecule has 1 aromatic rings. The molecule has 1 fully saturated rings. The lowest BCUT2D eigenvalue weighted by Crippen LogP contribution is -2.47. The van der Waals surface area contributed by atoms with Gasteiger partial charge in [0.25, 0.3) is 0 Å². The molecule has 0 saturated heterocycles. The van der Waals surface area contributed by atoms with Crippen molar-refractivity contribution >= 4 is 11.7 Å². The number of Topliss-reactive ketones (excluding diaryl/α,β-unsaturated/α-hetero) is 1. The summed E-state index contributed by atoms with van der Waals surface area (Å²) in [5.41, 5.74) is 6.37. The molecule has 1 unspecified atom stereocenters. The van der Waals surface area contributed by atoms with Gasteiger partial charge in [0.15, 0.2) is 11.9 Å². The van der Waals surface area contributed by atoms with Crippen molar-refractivity contribution < 1.29 is 14.3 Å². The number of nitrogens with one attached hydrogen (secondary N) is 1. The second-order valence-electron chi connectivity index (χ2n) is 6.20. The predicted molar refractivity (Wildman–Crippen MR) is 78.0 cm³/mol. The molecule has 1 aliphatic carbocycles. The lowest BCUT2D eigenvalue weighted by molar-refractivity contribution is -0.139. The van der Waals surface area contributed by atoms with Crippen LogP contribution in [0.2, 0.25) is 0 Å². The molecule has 1 heterocycles. The van der Waals surface area contributed by atoms with E-state index in [-0.39, 0.29) is 11.2 Å². The van der Waals surface area contributed by atoms with Gasteiger partial charge >= 0.3 is 0 Å². The highest BCUT2D eigenvalue weighted by molar-refractivity contribution is 5.93. The van der Waals surface area contributed by atoms with Gasteiger partial charge in [-0.25, -0.2) is 0 Å². The molecule has 0 spiro atoms. The summed E-state index contributed by atoms with van der Waals surface area (Å²) in [4.78, 5) is 23.8. The third-order valence-electron chi connectivity index (χ3n) is 4.60. The minimum atomic E-state index is -0.462. The Labute approximate surface area is 123 Å². The fraction of sp³-hybridized carbons (Fsp3) is 0.500. The zero-order chi connectivity index (χ0) is 15.0. The van der Waals surface area contributed by atoms with Gasteiger partial charge in [0.05, 0.1) is 0 Å². The Bertz CT molecular complexity index is 593. The van der Waals surface area contributed by atoms with Gasteiger partial charge in [-0.15, -0.1) is 0 Å². The number of primary amides is 1. The molecular formula is C16H20N2O3. The first-order valence-corrected chi connectivity index (χ1v) is 7.34. The smallest absolute Gasteiger partial charge is 0.248 e. The number of amides is 1. The first-order valence-electron chi connectivity index (χ1n) is 7.34. The lowest BCUT2D eigenvalue weighted by atomic mass is 9.66. The molecule has 21 heavy (non-hydrogen) atoms. The SMILES string of the molecule is CC1(C(=O)C2CNCc3cc(C(N)=O)ccc3O2)CCC1. The van der Waals surface area contributed by atoms with Crippen LogP contribution in [-0.4, -0.2) is 24.3 Å². The van der Waals surface area contributed by atoms with Crippen LogP contribution in [-0.2, 0) is 11.3 Å². The van der Waals surface area contributed by atoms with E-state index in [0.717, 1.165) is 24.8 Å². The van der Waals surface area contributed by atoms with Crippen molar-refractivity contribution in [1.29, 1.82) is 0 Å². The van der Waals surface area contributed by atoms with Crippen LogP contribution in [0, 0.1) is 5.41 Å². The molecule has 3 rings (SSSR count). The monoisotopic (exact) mass is 288 g/mol. The normalized spacial score (nSPS) is 23.2. The molecule has 5 heteroatoms. The number of hydrogen-bond donors (Lipinski definition) is 2. The van der Waals surface area contributed by atoms with Gasteiger partial charge in [-0.05, 0) is 31.0 Å².